The number of ether oxygens (including phenoxy) is 2. The Labute approximate surface area is 202 Å². The molecule has 6 rings (SSSR count). The maximum atomic E-state index is 12.9. The topological polar surface area (TPSA) is 64.0 Å². The van der Waals surface area contributed by atoms with E-state index in [2.05, 4.69) is 49.5 Å². The highest BCUT2D eigenvalue weighted by molar-refractivity contribution is 5.75. The van der Waals surface area contributed by atoms with Gasteiger partial charge in [-0.3, -0.25) is 4.79 Å². The highest BCUT2D eigenvalue weighted by Gasteiger charge is 2.64. The van der Waals surface area contributed by atoms with Crippen molar-refractivity contribution in [3.05, 3.63) is 59.5 Å². The molecular formula is C29H37NO4. The van der Waals surface area contributed by atoms with Crippen molar-refractivity contribution in [1.82, 2.24) is 5.32 Å². The lowest BCUT2D eigenvalue weighted by Gasteiger charge is -2.51. The van der Waals surface area contributed by atoms with E-state index >= 15 is 0 Å². The summed E-state index contributed by atoms with van der Waals surface area (Å²) in [5.74, 6) is 2.03. The summed E-state index contributed by atoms with van der Waals surface area (Å²) in [5, 5.41) is 3.61. The molecule has 0 radical (unpaired) electrons. The van der Waals surface area contributed by atoms with Crippen LogP contribution in [0.15, 0.2) is 47.1 Å². The molecule has 0 bridgehead atoms. The third-order valence-electron chi connectivity index (χ3n) is 9.42. The molecule has 34 heavy (non-hydrogen) atoms. The van der Waals surface area contributed by atoms with Crippen LogP contribution in [0.25, 0.3) is 0 Å². The van der Waals surface area contributed by atoms with E-state index in [9.17, 15) is 4.79 Å². The second kappa shape index (κ2) is 8.53. The van der Waals surface area contributed by atoms with Crippen molar-refractivity contribution in [2.24, 2.45) is 23.2 Å². The molecule has 1 aromatic carbocycles. The number of carbonyl (C=O) groups excluding carboxylic acids is 1. The van der Waals surface area contributed by atoms with Gasteiger partial charge in [0, 0.05) is 18.4 Å². The van der Waals surface area contributed by atoms with Crippen LogP contribution in [-0.4, -0.2) is 37.4 Å². The summed E-state index contributed by atoms with van der Waals surface area (Å²) >= 11 is 0. The van der Waals surface area contributed by atoms with E-state index < -0.39 is 0 Å². The van der Waals surface area contributed by atoms with Crippen LogP contribution in [0, 0.1) is 30.1 Å². The van der Waals surface area contributed by atoms with Crippen LogP contribution in [0.5, 0.6) is 0 Å². The second-order valence-electron chi connectivity index (χ2n) is 11.6. The molecule has 0 amide bonds. The number of carbonyl (C=O) groups is 1. The first-order valence-corrected chi connectivity index (χ1v) is 13.1. The summed E-state index contributed by atoms with van der Waals surface area (Å²) in [4.78, 5) is 12.9. The molecule has 5 heteroatoms. The minimum absolute atomic E-state index is 0.00312. The number of nitrogens with one attached hydrogen (secondary N) is 1. The summed E-state index contributed by atoms with van der Waals surface area (Å²) in [7, 11) is 0. The lowest BCUT2D eigenvalue weighted by Crippen LogP contribution is -2.51. The molecule has 4 aliphatic rings. The zero-order chi connectivity index (χ0) is 23.3. The van der Waals surface area contributed by atoms with Gasteiger partial charge in [0.15, 0.2) is 0 Å². The monoisotopic (exact) mass is 463 g/mol. The average Bonchev–Trinajstić information content (AvgIpc) is 3.24. The molecule has 1 spiro atoms. The van der Waals surface area contributed by atoms with E-state index in [1.165, 1.54) is 30.4 Å². The first-order valence-electron chi connectivity index (χ1n) is 13.1. The number of epoxide rings is 1. The molecule has 1 N–H and O–H groups in total. The lowest BCUT2D eigenvalue weighted by molar-refractivity contribution is -0.147. The van der Waals surface area contributed by atoms with E-state index in [0.29, 0.717) is 18.4 Å². The van der Waals surface area contributed by atoms with Gasteiger partial charge in [0.2, 0.25) is 0 Å². The second-order valence-corrected chi connectivity index (χ2v) is 11.6. The van der Waals surface area contributed by atoms with Gasteiger partial charge in [-0.25, -0.2) is 0 Å². The Kier molecular flexibility index (Phi) is 5.61. The fraction of sp³-hybridized carbons (Fsp3) is 0.621. The SMILES string of the molecule is Cc1ccc([C@H](CCNC[C@H]2C(=O)O[C@@H]3C[C@@]4(C)CCC[C@@]5(CO5)[C@@H]4C[C@@H]32)c2ccco2)cc1. The summed E-state index contributed by atoms with van der Waals surface area (Å²) in [6.45, 7) is 6.95. The third-order valence-corrected chi connectivity index (χ3v) is 9.42. The Morgan fingerprint density at radius 3 is 2.74 bits per heavy atom. The minimum Gasteiger partial charge on any atom is -0.469 e. The zero-order valence-corrected chi connectivity index (χ0v) is 20.4. The number of aryl methyl sites for hydroxylation is 1. The maximum Gasteiger partial charge on any atom is 0.310 e. The minimum atomic E-state index is -0.0475. The molecule has 7 atom stereocenters. The Morgan fingerprint density at radius 2 is 2.00 bits per heavy atom. The van der Waals surface area contributed by atoms with E-state index in [-0.39, 0.29) is 34.9 Å². The summed E-state index contributed by atoms with van der Waals surface area (Å²) in [6, 6.07) is 12.7. The smallest absolute Gasteiger partial charge is 0.310 e. The normalized spacial score (nSPS) is 37.2. The molecule has 2 aromatic rings. The largest absolute Gasteiger partial charge is 0.469 e. The average molecular weight is 464 g/mol. The van der Waals surface area contributed by atoms with Gasteiger partial charge >= 0.3 is 5.97 Å². The Morgan fingerprint density at radius 1 is 1.18 bits per heavy atom. The molecule has 2 saturated heterocycles. The van der Waals surface area contributed by atoms with Crippen molar-refractivity contribution in [3.63, 3.8) is 0 Å². The molecular weight excluding hydrogens is 426 g/mol. The fourth-order valence-electron chi connectivity index (χ4n) is 7.46. The van der Waals surface area contributed by atoms with E-state index in [0.717, 1.165) is 38.2 Å². The quantitative estimate of drug-likeness (QED) is 0.346. The number of furan rings is 1. The van der Waals surface area contributed by atoms with Gasteiger partial charge in [0.25, 0.3) is 0 Å². The Balaban J connectivity index is 1.09. The van der Waals surface area contributed by atoms with Crippen molar-refractivity contribution in [3.8, 4) is 0 Å². The molecule has 2 saturated carbocycles. The number of hydrogen-bond acceptors (Lipinski definition) is 5. The van der Waals surface area contributed by atoms with Crippen LogP contribution in [0.1, 0.15) is 68.3 Å². The highest BCUT2D eigenvalue weighted by Crippen LogP contribution is 2.62. The van der Waals surface area contributed by atoms with E-state index in [4.69, 9.17) is 13.9 Å². The molecule has 1 aromatic heterocycles. The van der Waals surface area contributed by atoms with E-state index in [1.807, 2.05) is 6.07 Å². The van der Waals surface area contributed by atoms with Gasteiger partial charge in [0.05, 0.1) is 24.4 Å². The number of rotatable bonds is 7. The van der Waals surface area contributed by atoms with Crippen molar-refractivity contribution >= 4 is 5.97 Å². The first kappa shape index (κ1) is 22.4. The van der Waals surface area contributed by atoms with Crippen LogP contribution in [0.3, 0.4) is 0 Å². The third kappa shape index (κ3) is 3.91. The van der Waals surface area contributed by atoms with Crippen molar-refractivity contribution < 1.29 is 18.7 Å². The van der Waals surface area contributed by atoms with Crippen LogP contribution >= 0.6 is 0 Å². The van der Waals surface area contributed by atoms with Crippen molar-refractivity contribution in [1.29, 1.82) is 0 Å². The molecule has 3 heterocycles. The molecule has 182 valence electrons. The van der Waals surface area contributed by atoms with Crippen molar-refractivity contribution in [2.45, 2.75) is 70.0 Å². The number of esters is 1. The predicted octanol–water partition coefficient (Wildman–Crippen LogP) is 5.23. The predicted molar refractivity (Wildman–Crippen MR) is 129 cm³/mol. The summed E-state index contributed by atoms with van der Waals surface area (Å²) < 4.78 is 17.8. The number of benzene rings is 1. The van der Waals surface area contributed by atoms with Crippen LogP contribution in [0.2, 0.25) is 0 Å². The van der Waals surface area contributed by atoms with Gasteiger partial charge in [0.1, 0.15) is 11.9 Å². The Hall–Kier alpha value is -2.11. The van der Waals surface area contributed by atoms with Crippen LogP contribution in [-0.2, 0) is 14.3 Å². The standard InChI is InChI=1S/C29H37NO4/c1-19-6-8-20(9-7-19)21(24-5-3-14-32-24)10-13-30-17-23-22-15-26-28(2,16-25(22)34-27(23)31)11-4-12-29(26)18-33-29/h3,5-9,14,21-23,25-26,30H,4,10-13,15-18H2,1-2H3/t21-,22+,23+,25+,26+,28+,29+/m0/s1. The van der Waals surface area contributed by atoms with Gasteiger partial charge in [-0.2, -0.15) is 0 Å². The summed E-state index contributed by atoms with van der Waals surface area (Å²) in [5.41, 5.74) is 2.88. The number of hydrogen-bond donors (Lipinski definition) is 1. The van der Waals surface area contributed by atoms with Crippen molar-refractivity contribution in [2.75, 3.05) is 19.7 Å². The van der Waals surface area contributed by atoms with Crippen LogP contribution in [0.4, 0.5) is 0 Å². The Bertz CT molecular complexity index is 1010. The fourth-order valence-corrected chi connectivity index (χ4v) is 7.46. The number of fused-ring (bicyclic) bond motifs is 3. The maximum absolute atomic E-state index is 12.9. The van der Waals surface area contributed by atoms with E-state index in [1.54, 1.807) is 6.26 Å². The van der Waals surface area contributed by atoms with Gasteiger partial charge < -0.3 is 19.2 Å². The molecule has 5 nitrogen and oxygen atoms in total. The molecule has 2 aliphatic carbocycles. The first-order chi connectivity index (χ1) is 16.5. The van der Waals surface area contributed by atoms with Gasteiger partial charge in [-0.05, 0) is 81.0 Å². The molecule has 4 fully saturated rings. The summed E-state index contributed by atoms with van der Waals surface area (Å²) in [6.07, 6.45) is 8.48. The van der Waals surface area contributed by atoms with Gasteiger partial charge in [-0.1, -0.05) is 36.8 Å². The van der Waals surface area contributed by atoms with Crippen LogP contribution < -0.4 is 5.32 Å². The zero-order valence-electron chi connectivity index (χ0n) is 20.4. The van der Waals surface area contributed by atoms with Gasteiger partial charge in [-0.15, -0.1) is 0 Å². The molecule has 2 aliphatic heterocycles. The molecule has 0 unspecified atom stereocenters. The highest BCUT2D eigenvalue weighted by atomic mass is 16.6. The lowest BCUT2D eigenvalue weighted by atomic mass is 9.53.